The molecule has 0 saturated heterocycles. The second-order valence-electron chi connectivity index (χ2n) is 3.00. The molecule has 1 nitrogen and oxygen atoms in total. The molecule has 0 N–H and O–H groups in total. The van der Waals surface area contributed by atoms with Crippen molar-refractivity contribution in [1.29, 1.82) is 0 Å². The van der Waals surface area contributed by atoms with Crippen LogP contribution in [0.25, 0.3) is 0 Å². The van der Waals surface area contributed by atoms with Gasteiger partial charge in [0.25, 0.3) is 0 Å². The van der Waals surface area contributed by atoms with Crippen LogP contribution in [-0.4, -0.2) is 4.98 Å². The second-order valence-corrected chi connectivity index (χ2v) is 4.50. The Morgan fingerprint density at radius 3 is 2.69 bits per heavy atom. The van der Waals surface area contributed by atoms with Gasteiger partial charge in [0.15, 0.2) is 5.82 Å². The summed E-state index contributed by atoms with van der Waals surface area (Å²) in [6.45, 7) is 0. The number of hydrogen-bond acceptors (Lipinski definition) is 2. The standard InChI is InChI=1S/C11H6ClF2NS/c12-7-4-10(14)11(15-6-7)16-9-3-1-2-8(13)5-9/h1-6H. The van der Waals surface area contributed by atoms with Gasteiger partial charge in [-0.25, -0.2) is 13.8 Å². The van der Waals surface area contributed by atoms with Gasteiger partial charge in [-0.2, -0.15) is 0 Å². The van der Waals surface area contributed by atoms with Crippen LogP contribution in [0.5, 0.6) is 0 Å². The van der Waals surface area contributed by atoms with E-state index in [1.165, 1.54) is 24.4 Å². The van der Waals surface area contributed by atoms with Crippen LogP contribution in [0.3, 0.4) is 0 Å². The largest absolute Gasteiger partial charge is 0.245 e. The maximum Gasteiger partial charge on any atom is 0.157 e. The molecule has 0 atom stereocenters. The Kier molecular flexibility index (Phi) is 3.41. The topological polar surface area (TPSA) is 12.9 Å². The van der Waals surface area contributed by atoms with Crippen LogP contribution in [0, 0.1) is 11.6 Å². The number of nitrogens with zero attached hydrogens (tertiary/aromatic N) is 1. The van der Waals surface area contributed by atoms with Crippen molar-refractivity contribution in [1.82, 2.24) is 4.98 Å². The summed E-state index contributed by atoms with van der Waals surface area (Å²) in [5.74, 6) is -0.874. The van der Waals surface area contributed by atoms with Crippen molar-refractivity contribution in [2.24, 2.45) is 0 Å². The van der Waals surface area contributed by atoms with Crippen molar-refractivity contribution in [2.45, 2.75) is 9.92 Å². The first-order chi connectivity index (χ1) is 7.65. The van der Waals surface area contributed by atoms with Crippen LogP contribution in [0.4, 0.5) is 8.78 Å². The van der Waals surface area contributed by atoms with Gasteiger partial charge in [0.2, 0.25) is 0 Å². The van der Waals surface area contributed by atoms with E-state index in [0.717, 1.165) is 11.8 Å². The number of halogens is 3. The molecule has 0 radical (unpaired) electrons. The Labute approximate surface area is 100 Å². The van der Waals surface area contributed by atoms with Gasteiger partial charge in [-0.3, -0.25) is 0 Å². The lowest BCUT2D eigenvalue weighted by Crippen LogP contribution is -1.86. The molecule has 2 aromatic rings. The van der Waals surface area contributed by atoms with Crippen LogP contribution < -0.4 is 0 Å². The molecular weight excluding hydrogens is 252 g/mol. The fraction of sp³-hybridized carbons (Fsp3) is 0. The van der Waals surface area contributed by atoms with Crippen molar-refractivity contribution in [2.75, 3.05) is 0 Å². The quantitative estimate of drug-likeness (QED) is 0.801. The normalized spacial score (nSPS) is 10.4. The van der Waals surface area contributed by atoms with Gasteiger partial charge in [0.1, 0.15) is 10.8 Å². The summed E-state index contributed by atoms with van der Waals surface area (Å²) in [4.78, 5) is 4.43. The predicted molar refractivity (Wildman–Crippen MR) is 59.7 cm³/mol. The number of pyridine rings is 1. The summed E-state index contributed by atoms with van der Waals surface area (Å²) in [6, 6.07) is 7.07. The third-order valence-electron chi connectivity index (χ3n) is 1.78. The lowest BCUT2D eigenvalue weighted by Gasteiger charge is -2.02. The Morgan fingerprint density at radius 1 is 1.19 bits per heavy atom. The van der Waals surface area contributed by atoms with E-state index in [2.05, 4.69) is 4.98 Å². The van der Waals surface area contributed by atoms with E-state index in [0.29, 0.717) is 4.90 Å². The molecule has 0 aliphatic heterocycles. The summed E-state index contributed by atoms with van der Waals surface area (Å²) < 4.78 is 26.3. The van der Waals surface area contributed by atoms with Gasteiger partial charge >= 0.3 is 0 Å². The zero-order valence-electron chi connectivity index (χ0n) is 7.95. The molecule has 16 heavy (non-hydrogen) atoms. The van der Waals surface area contributed by atoms with E-state index in [1.807, 2.05) is 0 Å². The highest BCUT2D eigenvalue weighted by molar-refractivity contribution is 7.99. The molecule has 0 aliphatic rings. The minimum absolute atomic E-state index is 0.176. The van der Waals surface area contributed by atoms with Crippen molar-refractivity contribution in [3.63, 3.8) is 0 Å². The van der Waals surface area contributed by atoms with Crippen molar-refractivity contribution in [3.05, 3.63) is 53.2 Å². The lowest BCUT2D eigenvalue weighted by molar-refractivity contribution is 0.588. The van der Waals surface area contributed by atoms with Crippen LogP contribution in [-0.2, 0) is 0 Å². The molecule has 0 spiro atoms. The molecule has 0 saturated carbocycles. The lowest BCUT2D eigenvalue weighted by atomic mass is 10.4. The molecule has 0 unspecified atom stereocenters. The molecular formula is C11H6ClF2NS. The SMILES string of the molecule is Fc1cccc(Sc2ncc(Cl)cc2F)c1. The van der Waals surface area contributed by atoms with E-state index in [4.69, 9.17) is 11.6 Å². The Balaban J connectivity index is 2.27. The summed E-state index contributed by atoms with van der Waals surface area (Å²) in [5.41, 5.74) is 0. The van der Waals surface area contributed by atoms with Crippen LogP contribution >= 0.6 is 23.4 Å². The Hall–Kier alpha value is -1.13. The first-order valence-electron chi connectivity index (χ1n) is 4.39. The highest BCUT2D eigenvalue weighted by atomic mass is 35.5. The van der Waals surface area contributed by atoms with Gasteiger partial charge < -0.3 is 0 Å². The van der Waals surface area contributed by atoms with E-state index in [1.54, 1.807) is 12.1 Å². The smallest absolute Gasteiger partial charge is 0.157 e. The number of benzene rings is 1. The molecule has 0 bridgehead atoms. The molecule has 1 aromatic heterocycles. The third-order valence-corrected chi connectivity index (χ3v) is 2.97. The first kappa shape index (κ1) is 11.4. The van der Waals surface area contributed by atoms with Gasteiger partial charge in [0, 0.05) is 11.1 Å². The Morgan fingerprint density at radius 2 is 2.00 bits per heavy atom. The number of aromatic nitrogens is 1. The molecule has 5 heteroatoms. The fourth-order valence-electron chi connectivity index (χ4n) is 1.12. The summed E-state index contributed by atoms with van der Waals surface area (Å²) >= 11 is 6.63. The monoisotopic (exact) mass is 257 g/mol. The summed E-state index contributed by atoms with van der Waals surface area (Å²) in [7, 11) is 0. The minimum Gasteiger partial charge on any atom is -0.245 e. The second kappa shape index (κ2) is 4.80. The molecule has 0 fully saturated rings. The van der Waals surface area contributed by atoms with Gasteiger partial charge in [-0.05, 0) is 24.3 Å². The average Bonchev–Trinajstić information content (AvgIpc) is 2.22. The fourth-order valence-corrected chi connectivity index (χ4v) is 2.07. The zero-order chi connectivity index (χ0) is 11.5. The van der Waals surface area contributed by atoms with Gasteiger partial charge in [-0.15, -0.1) is 0 Å². The zero-order valence-corrected chi connectivity index (χ0v) is 9.53. The molecule has 2 rings (SSSR count). The summed E-state index contributed by atoms with van der Waals surface area (Å²) in [5, 5.41) is 0.413. The number of hydrogen-bond donors (Lipinski definition) is 0. The minimum atomic E-state index is -0.512. The Bertz CT molecular complexity index is 519. The first-order valence-corrected chi connectivity index (χ1v) is 5.59. The molecule has 1 aromatic carbocycles. The number of rotatable bonds is 2. The molecule has 0 aliphatic carbocycles. The van der Waals surface area contributed by atoms with E-state index < -0.39 is 5.82 Å². The summed E-state index contributed by atoms with van der Waals surface area (Å²) in [6.07, 6.45) is 1.35. The third kappa shape index (κ3) is 2.71. The maximum absolute atomic E-state index is 13.4. The van der Waals surface area contributed by atoms with Gasteiger partial charge in [0.05, 0.1) is 5.02 Å². The average molecular weight is 258 g/mol. The van der Waals surface area contributed by atoms with Crippen molar-refractivity contribution >= 4 is 23.4 Å². The highest BCUT2D eigenvalue weighted by Crippen LogP contribution is 2.29. The maximum atomic E-state index is 13.4. The molecule has 1 heterocycles. The molecule has 0 amide bonds. The van der Waals surface area contributed by atoms with E-state index in [9.17, 15) is 8.78 Å². The van der Waals surface area contributed by atoms with Crippen LogP contribution in [0.1, 0.15) is 0 Å². The van der Waals surface area contributed by atoms with Crippen LogP contribution in [0.2, 0.25) is 5.02 Å². The highest BCUT2D eigenvalue weighted by Gasteiger charge is 2.07. The van der Waals surface area contributed by atoms with E-state index in [-0.39, 0.29) is 15.9 Å². The van der Waals surface area contributed by atoms with Crippen molar-refractivity contribution in [3.8, 4) is 0 Å². The van der Waals surface area contributed by atoms with Crippen molar-refractivity contribution < 1.29 is 8.78 Å². The van der Waals surface area contributed by atoms with E-state index >= 15 is 0 Å². The van der Waals surface area contributed by atoms with Gasteiger partial charge in [-0.1, -0.05) is 29.4 Å². The predicted octanol–water partition coefficient (Wildman–Crippen LogP) is 4.16. The molecule has 82 valence electrons. The van der Waals surface area contributed by atoms with Crippen LogP contribution in [0.15, 0.2) is 46.5 Å².